The van der Waals surface area contributed by atoms with Crippen LogP contribution in [0.15, 0.2) is 60.7 Å². The molecule has 0 saturated carbocycles. The van der Waals surface area contributed by atoms with Gasteiger partial charge in [-0.3, -0.25) is 0 Å². The summed E-state index contributed by atoms with van der Waals surface area (Å²) in [7, 11) is 0.531. The molecule has 0 radical (unpaired) electrons. The highest BCUT2D eigenvalue weighted by molar-refractivity contribution is 7.91. The van der Waals surface area contributed by atoms with Crippen molar-refractivity contribution in [3.63, 3.8) is 0 Å². The van der Waals surface area contributed by atoms with E-state index < -0.39 is 22.0 Å². The van der Waals surface area contributed by atoms with Crippen molar-refractivity contribution in [1.29, 1.82) is 0 Å². The molecule has 1 fully saturated rings. The molecular formula is C19H24N2O3S. The van der Waals surface area contributed by atoms with Crippen molar-refractivity contribution in [2.75, 3.05) is 25.6 Å². The van der Waals surface area contributed by atoms with Gasteiger partial charge in [0.15, 0.2) is 9.84 Å². The van der Waals surface area contributed by atoms with Gasteiger partial charge < -0.3 is 5.11 Å². The van der Waals surface area contributed by atoms with Crippen LogP contribution in [-0.2, 0) is 9.84 Å². The van der Waals surface area contributed by atoms with Crippen LogP contribution in [0.5, 0.6) is 0 Å². The van der Waals surface area contributed by atoms with E-state index in [9.17, 15) is 13.5 Å². The van der Waals surface area contributed by atoms with Gasteiger partial charge >= 0.3 is 0 Å². The molecule has 0 spiro atoms. The Balaban J connectivity index is 2.09. The van der Waals surface area contributed by atoms with Gasteiger partial charge in [-0.25, -0.2) is 18.4 Å². The van der Waals surface area contributed by atoms with Gasteiger partial charge in [-0.2, -0.15) is 0 Å². The average molecular weight is 360 g/mol. The smallest absolute Gasteiger partial charge is 0.154 e. The lowest BCUT2D eigenvalue weighted by atomic mass is 9.96. The first-order chi connectivity index (χ1) is 11.9. The molecule has 1 aliphatic heterocycles. The highest BCUT2D eigenvalue weighted by atomic mass is 32.2. The van der Waals surface area contributed by atoms with E-state index in [0.29, 0.717) is 0 Å². The molecule has 2 aromatic rings. The van der Waals surface area contributed by atoms with E-state index >= 15 is 0 Å². The number of benzene rings is 2. The van der Waals surface area contributed by atoms with E-state index in [-0.39, 0.29) is 17.5 Å². The number of hydrogen-bond acceptors (Lipinski definition) is 5. The van der Waals surface area contributed by atoms with Crippen LogP contribution in [-0.4, -0.2) is 61.3 Å². The fourth-order valence-corrected chi connectivity index (χ4v) is 5.32. The number of hydrogen-bond donors (Lipinski definition) is 1. The van der Waals surface area contributed by atoms with Crippen molar-refractivity contribution in [1.82, 2.24) is 10.0 Å². The van der Waals surface area contributed by atoms with Crippen molar-refractivity contribution >= 4 is 9.84 Å². The van der Waals surface area contributed by atoms with E-state index in [1.807, 2.05) is 84.8 Å². The number of rotatable bonds is 5. The summed E-state index contributed by atoms with van der Waals surface area (Å²) in [6.45, 7) is 0. The van der Waals surface area contributed by atoms with Crippen LogP contribution in [0, 0.1) is 0 Å². The van der Waals surface area contributed by atoms with Crippen LogP contribution in [0.25, 0.3) is 0 Å². The van der Waals surface area contributed by atoms with Gasteiger partial charge in [0.2, 0.25) is 0 Å². The van der Waals surface area contributed by atoms with Crippen molar-refractivity contribution in [2.24, 2.45) is 0 Å². The Labute approximate surface area is 149 Å². The Morgan fingerprint density at radius 2 is 1.40 bits per heavy atom. The summed E-state index contributed by atoms with van der Waals surface area (Å²) in [5.41, 5.74) is 2.11. The third kappa shape index (κ3) is 3.93. The first-order valence-electron chi connectivity index (χ1n) is 8.33. The maximum absolute atomic E-state index is 12.1. The Morgan fingerprint density at radius 3 is 1.76 bits per heavy atom. The first-order valence-corrected chi connectivity index (χ1v) is 10.1. The zero-order valence-electron chi connectivity index (χ0n) is 14.5. The monoisotopic (exact) mass is 360 g/mol. The van der Waals surface area contributed by atoms with E-state index in [1.54, 1.807) is 0 Å². The average Bonchev–Trinajstić information content (AvgIpc) is 2.86. The number of nitrogens with zero attached hydrogens (tertiary/aromatic N) is 2. The quantitative estimate of drug-likeness (QED) is 0.823. The van der Waals surface area contributed by atoms with Gasteiger partial charge in [0.1, 0.15) is 0 Å². The van der Waals surface area contributed by atoms with Gasteiger partial charge in [0.25, 0.3) is 0 Å². The lowest BCUT2D eigenvalue weighted by Crippen LogP contribution is -2.52. The summed E-state index contributed by atoms with van der Waals surface area (Å²) in [4.78, 5) is 0. The molecule has 0 amide bonds. The second-order valence-electron chi connectivity index (χ2n) is 6.66. The predicted octanol–water partition coefficient (Wildman–Crippen LogP) is 1.71. The second-order valence-corrected chi connectivity index (χ2v) is 8.82. The SMILES string of the molecule is CN(C)N(C(c1ccccc1)c1ccccc1)[C@@H]1CS(=O)(=O)C[C@H]1O. The Hall–Kier alpha value is -1.73. The minimum absolute atomic E-state index is 0.0392. The van der Waals surface area contributed by atoms with E-state index in [2.05, 4.69) is 0 Å². The van der Waals surface area contributed by atoms with Gasteiger partial charge in [-0.15, -0.1) is 0 Å². The number of sulfone groups is 1. The minimum Gasteiger partial charge on any atom is -0.390 e. The third-order valence-corrected chi connectivity index (χ3v) is 6.29. The molecule has 6 heteroatoms. The molecule has 25 heavy (non-hydrogen) atoms. The van der Waals surface area contributed by atoms with Crippen molar-refractivity contribution in [3.05, 3.63) is 71.8 Å². The second kappa shape index (κ2) is 7.25. The molecule has 0 unspecified atom stereocenters. The fourth-order valence-electron chi connectivity index (χ4n) is 3.55. The van der Waals surface area contributed by atoms with Gasteiger partial charge in [0, 0.05) is 14.1 Å². The molecule has 1 saturated heterocycles. The Bertz CT molecular complexity index is 754. The molecule has 1 heterocycles. The maximum atomic E-state index is 12.1. The predicted molar refractivity (Wildman–Crippen MR) is 98.7 cm³/mol. The molecule has 0 aliphatic carbocycles. The topological polar surface area (TPSA) is 60.9 Å². The zero-order chi connectivity index (χ0) is 18.0. The van der Waals surface area contributed by atoms with Crippen LogP contribution in [0.3, 0.4) is 0 Å². The molecule has 1 aliphatic rings. The van der Waals surface area contributed by atoms with E-state index in [4.69, 9.17) is 0 Å². The normalized spacial score (nSPS) is 22.8. The molecule has 5 nitrogen and oxygen atoms in total. The maximum Gasteiger partial charge on any atom is 0.154 e. The summed E-state index contributed by atoms with van der Waals surface area (Å²) in [5.74, 6) is -0.221. The molecule has 2 aromatic carbocycles. The van der Waals surface area contributed by atoms with Crippen molar-refractivity contribution < 1.29 is 13.5 Å². The number of aliphatic hydroxyl groups is 1. The summed E-state index contributed by atoms with van der Waals surface area (Å²) < 4.78 is 24.1. The summed E-state index contributed by atoms with van der Waals surface area (Å²) in [6, 6.07) is 19.3. The van der Waals surface area contributed by atoms with E-state index in [1.165, 1.54) is 0 Å². The lowest BCUT2D eigenvalue weighted by molar-refractivity contribution is -0.0722. The molecule has 2 atom stereocenters. The number of hydrazine groups is 1. The lowest BCUT2D eigenvalue weighted by Gasteiger charge is -2.41. The molecule has 1 N–H and O–H groups in total. The fraction of sp³-hybridized carbons (Fsp3) is 0.368. The van der Waals surface area contributed by atoms with Crippen LogP contribution in [0.1, 0.15) is 17.2 Å². The summed E-state index contributed by atoms with van der Waals surface area (Å²) in [6.07, 6.45) is -0.901. The van der Waals surface area contributed by atoms with E-state index in [0.717, 1.165) is 11.1 Å². The van der Waals surface area contributed by atoms with Crippen LogP contribution < -0.4 is 0 Å². The highest BCUT2D eigenvalue weighted by Crippen LogP contribution is 2.34. The summed E-state index contributed by atoms with van der Waals surface area (Å²) in [5, 5.41) is 14.3. The number of aliphatic hydroxyl groups excluding tert-OH is 1. The first kappa shape index (κ1) is 18.1. The molecular weight excluding hydrogens is 336 g/mol. The third-order valence-electron chi connectivity index (χ3n) is 4.59. The Kier molecular flexibility index (Phi) is 5.24. The molecule has 0 bridgehead atoms. The zero-order valence-corrected chi connectivity index (χ0v) is 15.3. The van der Waals surface area contributed by atoms with Gasteiger partial charge in [-0.1, -0.05) is 60.7 Å². The van der Waals surface area contributed by atoms with Crippen molar-refractivity contribution in [3.8, 4) is 0 Å². The van der Waals surface area contributed by atoms with Crippen molar-refractivity contribution in [2.45, 2.75) is 18.2 Å². The van der Waals surface area contributed by atoms with Gasteiger partial charge in [-0.05, 0) is 11.1 Å². The van der Waals surface area contributed by atoms with Crippen LogP contribution in [0.2, 0.25) is 0 Å². The molecule has 3 rings (SSSR count). The van der Waals surface area contributed by atoms with Crippen LogP contribution in [0.4, 0.5) is 0 Å². The summed E-state index contributed by atoms with van der Waals surface area (Å²) >= 11 is 0. The molecule has 0 aromatic heterocycles. The molecule has 134 valence electrons. The Morgan fingerprint density at radius 1 is 0.920 bits per heavy atom. The van der Waals surface area contributed by atoms with Gasteiger partial charge in [0.05, 0.1) is 29.7 Å². The van der Waals surface area contributed by atoms with Crippen LogP contribution >= 0.6 is 0 Å². The largest absolute Gasteiger partial charge is 0.390 e. The highest BCUT2D eigenvalue weighted by Gasteiger charge is 2.44. The minimum atomic E-state index is -3.24. The standard InChI is InChI=1S/C19H24N2O3S/c1-20(2)21(17-13-25(23,24)14-18(17)22)19(15-9-5-3-6-10-15)16-11-7-4-8-12-16/h3-12,17-19,22H,13-14H2,1-2H3/t17-,18-/m1/s1.